The molecule has 1 unspecified atom stereocenters. The minimum Gasteiger partial charge on any atom is -0.420 e. The number of carbonyl (C=O) groups excluding carboxylic acids is 2. The van der Waals surface area contributed by atoms with E-state index in [2.05, 4.69) is 0 Å². The summed E-state index contributed by atoms with van der Waals surface area (Å²) in [4.78, 5) is 24.8. The van der Waals surface area contributed by atoms with E-state index in [1.807, 2.05) is 65.8 Å². The first-order valence-corrected chi connectivity index (χ1v) is 9.19. The van der Waals surface area contributed by atoms with Gasteiger partial charge >= 0.3 is 5.97 Å². The van der Waals surface area contributed by atoms with Crippen molar-refractivity contribution in [3.8, 4) is 5.75 Å². The molecule has 5 heteroatoms. The quantitative estimate of drug-likeness (QED) is 0.362. The smallest absolute Gasteiger partial charge is 0.385 e. The molecule has 0 spiro atoms. The normalized spacial score (nSPS) is 11.3. The molecule has 2 rings (SSSR count). The molecule has 0 aliphatic heterocycles. The van der Waals surface area contributed by atoms with Gasteiger partial charge < -0.3 is 14.9 Å². The second-order valence-corrected chi connectivity index (χ2v) is 7.25. The van der Waals surface area contributed by atoms with Gasteiger partial charge in [0.1, 0.15) is 5.75 Å². The molecule has 0 saturated heterocycles. The van der Waals surface area contributed by atoms with Crippen molar-refractivity contribution in [1.82, 2.24) is 0 Å². The van der Waals surface area contributed by atoms with Gasteiger partial charge in [0, 0.05) is 5.56 Å². The average molecular weight is 386 g/mol. The van der Waals surface area contributed by atoms with Crippen molar-refractivity contribution >= 4 is 11.8 Å². The molecule has 2 N–H and O–H groups in total. The standard InChI is InChI=1S/C20H22O3.C3H8O2/c1-11-7-13(3)17(14(4)8-11)18(21)20(22)23-19-15(5)9-12(2)10-16(19)6;1-3(5)2-4/h7-10H,1-6H3;3-5H,2H2,1H3. The van der Waals surface area contributed by atoms with E-state index in [4.69, 9.17) is 14.9 Å². The minimum absolute atomic E-state index is 0.139. The van der Waals surface area contributed by atoms with Crippen LogP contribution in [0.15, 0.2) is 24.3 Å². The zero-order valence-corrected chi connectivity index (χ0v) is 17.7. The molecule has 2 aromatic rings. The molecule has 0 aromatic heterocycles. The molecule has 0 aliphatic carbocycles. The van der Waals surface area contributed by atoms with Crippen LogP contribution in [0.3, 0.4) is 0 Å². The molecule has 5 nitrogen and oxygen atoms in total. The summed E-state index contributed by atoms with van der Waals surface area (Å²) in [6.07, 6.45) is -0.560. The number of hydrogen-bond acceptors (Lipinski definition) is 5. The summed E-state index contributed by atoms with van der Waals surface area (Å²) in [5.74, 6) is -0.967. The summed E-state index contributed by atoms with van der Waals surface area (Å²) in [7, 11) is 0. The number of ether oxygens (including phenoxy) is 1. The van der Waals surface area contributed by atoms with E-state index in [-0.39, 0.29) is 6.61 Å². The van der Waals surface area contributed by atoms with Crippen molar-refractivity contribution < 1.29 is 24.5 Å². The lowest BCUT2D eigenvalue weighted by Gasteiger charge is -2.13. The summed E-state index contributed by atoms with van der Waals surface area (Å²) in [5, 5.41) is 16.0. The van der Waals surface area contributed by atoms with Gasteiger partial charge in [-0.2, -0.15) is 0 Å². The van der Waals surface area contributed by atoms with Gasteiger partial charge in [-0.15, -0.1) is 0 Å². The molecule has 0 amide bonds. The van der Waals surface area contributed by atoms with Crippen LogP contribution in [0.25, 0.3) is 0 Å². The molecule has 0 fully saturated rings. The Morgan fingerprint density at radius 2 is 1.21 bits per heavy atom. The first kappa shape index (κ1) is 23.5. The van der Waals surface area contributed by atoms with E-state index in [1.165, 1.54) is 6.92 Å². The Balaban J connectivity index is 0.000000696. The number of Topliss-reactive ketones (excluding diaryl/α,β-unsaturated/α-hetero) is 1. The van der Waals surface area contributed by atoms with Crippen molar-refractivity contribution in [2.45, 2.75) is 54.6 Å². The number of hydrogen-bond donors (Lipinski definition) is 2. The summed E-state index contributed by atoms with van der Waals surface area (Å²) in [5.41, 5.74) is 5.88. The number of ketones is 1. The SMILES string of the molecule is CC(O)CO.Cc1cc(C)c(OC(=O)C(=O)c2c(C)cc(C)cc2C)c(C)c1. The molecule has 0 saturated carbocycles. The third kappa shape index (κ3) is 6.29. The van der Waals surface area contributed by atoms with Crippen LogP contribution in [0.5, 0.6) is 5.75 Å². The summed E-state index contributed by atoms with van der Waals surface area (Å²) in [6, 6.07) is 7.66. The van der Waals surface area contributed by atoms with Crippen LogP contribution in [0.2, 0.25) is 0 Å². The van der Waals surface area contributed by atoms with Gasteiger partial charge in [0.25, 0.3) is 5.78 Å². The van der Waals surface area contributed by atoms with Crippen LogP contribution in [0.4, 0.5) is 0 Å². The maximum Gasteiger partial charge on any atom is 0.385 e. The average Bonchev–Trinajstić information content (AvgIpc) is 2.57. The van der Waals surface area contributed by atoms with Gasteiger partial charge in [-0.3, -0.25) is 4.79 Å². The molecule has 1 atom stereocenters. The van der Waals surface area contributed by atoms with Crippen molar-refractivity contribution in [3.63, 3.8) is 0 Å². The summed E-state index contributed by atoms with van der Waals surface area (Å²) in [6.45, 7) is 12.7. The first-order chi connectivity index (χ1) is 13.0. The third-order valence-electron chi connectivity index (χ3n) is 4.15. The number of aliphatic hydroxyl groups is 2. The third-order valence-corrected chi connectivity index (χ3v) is 4.15. The number of carbonyl (C=O) groups is 2. The number of rotatable bonds is 4. The lowest BCUT2D eigenvalue weighted by molar-refractivity contribution is -0.129. The minimum atomic E-state index is -0.838. The predicted molar refractivity (Wildman–Crippen MR) is 110 cm³/mol. The fourth-order valence-corrected chi connectivity index (χ4v) is 3.11. The fourth-order valence-electron chi connectivity index (χ4n) is 3.11. The Kier molecular flexibility index (Phi) is 8.54. The number of benzene rings is 2. The van der Waals surface area contributed by atoms with Gasteiger partial charge in [-0.1, -0.05) is 35.4 Å². The molecule has 0 heterocycles. The molecule has 2 aromatic carbocycles. The van der Waals surface area contributed by atoms with Gasteiger partial charge in [0.05, 0.1) is 12.7 Å². The highest BCUT2D eigenvalue weighted by molar-refractivity contribution is 6.41. The van der Waals surface area contributed by atoms with Gasteiger partial charge in [-0.25, -0.2) is 4.79 Å². The van der Waals surface area contributed by atoms with E-state index >= 15 is 0 Å². The monoisotopic (exact) mass is 386 g/mol. The van der Waals surface area contributed by atoms with Crippen LogP contribution in [-0.4, -0.2) is 34.7 Å². The number of aliphatic hydroxyl groups excluding tert-OH is 2. The van der Waals surface area contributed by atoms with Crippen LogP contribution < -0.4 is 4.74 Å². The van der Waals surface area contributed by atoms with Crippen LogP contribution >= 0.6 is 0 Å². The lowest BCUT2D eigenvalue weighted by Crippen LogP contribution is -2.23. The first-order valence-electron chi connectivity index (χ1n) is 9.19. The Labute approximate surface area is 167 Å². The Hall–Kier alpha value is -2.50. The topological polar surface area (TPSA) is 83.8 Å². The Morgan fingerprint density at radius 3 is 1.57 bits per heavy atom. The molecular formula is C23H30O5. The van der Waals surface area contributed by atoms with E-state index in [1.54, 1.807) is 0 Å². The van der Waals surface area contributed by atoms with Gasteiger partial charge in [0.15, 0.2) is 0 Å². The zero-order valence-electron chi connectivity index (χ0n) is 17.7. The van der Waals surface area contributed by atoms with E-state index in [0.29, 0.717) is 11.3 Å². The van der Waals surface area contributed by atoms with Gasteiger partial charge in [-0.05, 0) is 70.7 Å². The largest absolute Gasteiger partial charge is 0.420 e. The number of esters is 1. The van der Waals surface area contributed by atoms with E-state index in [9.17, 15) is 9.59 Å². The summed E-state index contributed by atoms with van der Waals surface area (Å²) >= 11 is 0. The van der Waals surface area contributed by atoms with Crippen molar-refractivity contribution in [2.75, 3.05) is 6.61 Å². The maximum atomic E-state index is 12.5. The van der Waals surface area contributed by atoms with E-state index < -0.39 is 17.9 Å². The summed E-state index contributed by atoms with van der Waals surface area (Å²) < 4.78 is 5.40. The molecule has 0 bridgehead atoms. The van der Waals surface area contributed by atoms with E-state index in [0.717, 1.165) is 33.4 Å². The maximum absolute atomic E-state index is 12.5. The Bertz CT molecular complexity index is 819. The molecule has 28 heavy (non-hydrogen) atoms. The lowest BCUT2D eigenvalue weighted by atomic mass is 9.96. The van der Waals surface area contributed by atoms with Crippen LogP contribution in [0.1, 0.15) is 50.7 Å². The van der Waals surface area contributed by atoms with Crippen molar-refractivity contribution in [3.05, 3.63) is 63.2 Å². The molecular weight excluding hydrogens is 356 g/mol. The van der Waals surface area contributed by atoms with Crippen molar-refractivity contribution in [2.24, 2.45) is 0 Å². The predicted octanol–water partition coefficient (Wildman–Crippen LogP) is 3.68. The highest BCUT2D eigenvalue weighted by atomic mass is 16.5. The van der Waals surface area contributed by atoms with Crippen LogP contribution in [-0.2, 0) is 4.79 Å². The van der Waals surface area contributed by atoms with Crippen LogP contribution in [0, 0.1) is 41.5 Å². The second kappa shape index (κ2) is 10.2. The van der Waals surface area contributed by atoms with Gasteiger partial charge in [0.2, 0.25) is 0 Å². The fraction of sp³-hybridized carbons (Fsp3) is 0.391. The Morgan fingerprint density at radius 1 is 0.857 bits per heavy atom. The molecule has 152 valence electrons. The molecule has 0 radical (unpaired) electrons. The molecule has 0 aliphatic rings. The second-order valence-electron chi connectivity index (χ2n) is 7.25. The zero-order chi connectivity index (χ0) is 21.6. The van der Waals surface area contributed by atoms with Crippen molar-refractivity contribution in [1.29, 1.82) is 0 Å². The highest BCUT2D eigenvalue weighted by Crippen LogP contribution is 2.25. The highest BCUT2D eigenvalue weighted by Gasteiger charge is 2.24. The number of aryl methyl sites for hydroxylation is 6.